The molecule has 2 aliphatic heterocycles. The molecule has 168 valence electrons. The van der Waals surface area contributed by atoms with E-state index in [1.807, 2.05) is 6.07 Å². The molecule has 0 aromatic heterocycles. The van der Waals surface area contributed by atoms with Gasteiger partial charge in [0.15, 0.2) is 0 Å². The summed E-state index contributed by atoms with van der Waals surface area (Å²) in [4.78, 5) is 5.58. The number of hydrogen-bond acceptors (Lipinski definition) is 5. The first-order valence-electron chi connectivity index (χ1n) is 10.1. The molecule has 0 spiro atoms. The quantitative estimate of drug-likeness (QED) is 0.561. The minimum Gasteiger partial charge on any atom is -0.495 e. The van der Waals surface area contributed by atoms with E-state index in [2.05, 4.69) is 22.9 Å². The number of piperazine rings is 1. The number of nitrogens with zero attached hydrogens (tertiary/aromatic N) is 2. The van der Waals surface area contributed by atoms with Crippen LogP contribution >= 0.6 is 23.6 Å². The zero-order chi connectivity index (χ0) is 22.2. The fourth-order valence-corrected chi connectivity index (χ4v) is 5.09. The first-order chi connectivity index (χ1) is 14.8. The summed E-state index contributed by atoms with van der Waals surface area (Å²) in [6.45, 7) is 3.79. The molecule has 2 aromatic rings. The van der Waals surface area contributed by atoms with Gasteiger partial charge in [0.25, 0.3) is 0 Å². The molecule has 1 saturated heterocycles. The Bertz CT molecular complexity index is 949. The minimum absolute atomic E-state index is 0.248. The largest absolute Gasteiger partial charge is 0.495 e. The van der Waals surface area contributed by atoms with Crippen LogP contribution in [0.25, 0.3) is 0 Å². The first-order valence-corrected chi connectivity index (χ1v) is 11.2. The topological polar surface area (TPSA) is 24.9 Å². The van der Waals surface area contributed by atoms with E-state index in [0.717, 1.165) is 54.1 Å². The van der Waals surface area contributed by atoms with E-state index in [4.69, 9.17) is 20.5 Å². The van der Waals surface area contributed by atoms with Crippen molar-refractivity contribution in [1.82, 2.24) is 4.90 Å². The molecule has 0 N–H and O–H groups in total. The smallest absolute Gasteiger partial charge is 0.417 e. The summed E-state index contributed by atoms with van der Waals surface area (Å²) < 4.78 is 51.1. The summed E-state index contributed by atoms with van der Waals surface area (Å²) in [7, 11) is 3.77. The van der Waals surface area contributed by atoms with Gasteiger partial charge >= 0.3 is 6.18 Å². The monoisotopic (exact) mass is 472 g/mol. The predicted molar refractivity (Wildman–Crippen MR) is 117 cm³/mol. The number of halogens is 4. The number of alkyl halides is 3. The summed E-state index contributed by atoms with van der Waals surface area (Å²) in [5, 5.41) is -0.248. The van der Waals surface area contributed by atoms with E-state index in [9.17, 15) is 13.2 Å². The van der Waals surface area contributed by atoms with Crippen LogP contribution in [0.2, 0.25) is 5.02 Å². The SMILES string of the molecule is COc1cc2c(cc1N1CCN(C)CC1)CC(Cc1cccc(C(F)(F)F)c1Cl)OS2. The molecule has 0 radical (unpaired) electrons. The Kier molecular flexibility index (Phi) is 6.62. The van der Waals surface area contributed by atoms with Crippen molar-refractivity contribution >= 4 is 29.3 Å². The van der Waals surface area contributed by atoms with Gasteiger partial charge in [-0.25, -0.2) is 0 Å². The number of fused-ring (bicyclic) bond motifs is 1. The molecule has 0 amide bonds. The summed E-state index contributed by atoms with van der Waals surface area (Å²) in [5.41, 5.74) is 1.79. The minimum atomic E-state index is -4.48. The van der Waals surface area contributed by atoms with Gasteiger partial charge in [-0.05, 0) is 36.4 Å². The Morgan fingerprint density at radius 2 is 1.94 bits per heavy atom. The molecule has 1 atom stereocenters. The molecule has 1 unspecified atom stereocenters. The van der Waals surface area contributed by atoms with Crippen molar-refractivity contribution < 1.29 is 22.1 Å². The van der Waals surface area contributed by atoms with Gasteiger partial charge in [-0.15, -0.1) is 0 Å². The molecule has 2 aromatic carbocycles. The Morgan fingerprint density at radius 1 is 1.19 bits per heavy atom. The van der Waals surface area contributed by atoms with Gasteiger partial charge in [-0.2, -0.15) is 13.2 Å². The fraction of sp³-hybridized carbons (Fsp3) is 0.455. The third-order valence-corrected chi connectivity index (χ3v) is 7.13. The van der Waals surface area contributed by atoms with Crippen LogP contribution in [0, 0.1) is 0 Å². The van der Waals surface area contributed by atoms with Gasteiger partial charge in [-0.1, -0.05) is 23.7 Å². The summed E-state index contributed by atoms with van der Waals surface area (Å²) in [5.74, 6) is 0.804. The Hall–Kier alpha value is -1.61. The van der Waals surface area contributed by atoms with Gasteiger partial charge in [0.05, 0.1) is 29.5 Å². The van der Waals surface area contributed by atoms with Crippen LogP contribution in [-0.2, 0) is 23.2 Å². The summed E-state index contributed by atoms with van der Waals surface area (Å²) in [6, 6.07) is 8.15. The van der Waals surface area contributed by atoms with E-state index in [1.165, 1.54) is 18.1 Å². The van der Waals surface area contributed by atoms with Crippen molar-refractivity contribution in [2.75, 3.05) is 45.2 Å². The number of methoxy groups -OCH3 is 1. The zero-order valence-corrected chi connectivity index (χ0v) is 18.9. The van der Waals surface area contributed by atoms with E-state index >= 15 is 0 Å². The molecule has 2 aliphatic rings. The molecule has 4 nitrogen and oxygen atoms in total. The second-order valence-electron chi connectivity index (χ2n) is 7.91. The third kappa shape index (κ3) is 4.92. The molecule has 9 heteroatoms. The summed E-state index contributed by atoms with van der Waals surface area (Å²) >= 11 is 7.33. The number of rotatable bonds is 4. The predicted octanol–water partition coefficient (Wildman–Crippen LogP) is 5.31. The standard InChI is InChI=1S/C22H24ClF3N2O2S/c1-27-6-8-28(9-7-27)18-12-15-11-16(30-31-20(15)13-19(18)29-2)10-14-4-3-5-17(21(14)23)22(24,25)26/h3-5,12-13,16H,6-11H2,1-2H3. The van der Waals surface area contributed by atoms with Crippen LogP contribution in [-0.4, -0.2) is 51.3 Å². The zero-order valence-electron chi connectivity index (χ0n) is 17.3. The molecule has 1 fully saturated rings. The van der Waals surface area contributed by atoms with Crippen LogP contribution in [0.15, 0.2) is 35.2 Å². The fourth-order valence-electron chi connectivity index (χ4n) is 4.00. The molecule has 4 rings (SSSR count). The molecule has 31 heavy (non-hydrogen) atoms. The van der Waals surface area contributed by atoms with Crippen molar-refractivity contribution in [2.24, 2.45) is 0 Å². The average molecular weight is 473 g/mol. The Morgan fingerprint density at radius 3 is 2.61 bits per heavy atom. The van der Waals surface area contributed by atoms with Crippen LogP contribution in [0.3, 0.4) is 0 Å². The van der Waals surface area contributed by atoms with Crippen molar-refractivity contribution in [2.45, 2.75) is 30.0 Å². The Labute approximate surface area is 189 Å². The lowest BCUT2D eigenvalue weighted by atomic mass is 9.98. The van der Waals surface area contributed by atoms with Crippen LogP contribution < -0.4 is 9.64 Å². The maximum absolute atomic E-state index is 13.2. The maximum Gasteiger partial charge on any atom is 0.417 e. The van der Waals surface area contributed by atoms with Crippen molar-refractivity contribution in [3.05, 3.63) is 52.0 Å². The van der Waals surface area contributed by atoms with Gasteiger partial charge in [0.1, 0.15) is 5.75 Å². The number of ether oxygens (including phenoxy) is 1. The van der Waals surface area contributed by atoms with E-state index in [0.29, 0.717) is 18.4 Å². The molecular formula is C22H24ClF3N2O2S. The average Bonchev–Trinajstić information content (AvgIpc) is 2.74. The van der Waals surface area contributed by atoms with Gasteiger partial charge in [0.2, 0.25) is 0 Å². The van der Waals surface area contributed by atoms with Crippen molar-refractivity contribution in [3.63, 3.8) is 0 Å². The second kappa shape index (κ2) is 9.10. The van der Waals surface area contributed by atoms with E-state index < -0.39 is 11.7 Å². The Balaban J connectivity index is 1.55. The third-order valence-electron chi connectivity index (χ3n) is 5.76. The van der Waals surface area contributed by atoms with Crippen molar-refractivity contribution in [1.29, 1.82) is 0 Å². The van der Waals surface area contributed by atoms with Crippen LogP contribution in [0.4, 0.5) is 18.9 Å². The highest BCUT2D eigenvalue weighted by atomic mass is 35.5. The lowest BCUT2D eigenvalue weighted by Gasteiger charge is -2.35. The van der Waals surface area contributed by atoms with Crippen LogP contribution in [0.1, 0.15) is 16.7 Å². The molecule has 0 saturated carbocycles. The molecule has 0 aliphatic carbocycles. The van der Waals surface area contributed by atoms with Gasteiger partial charge < -0.3 is 18.7 Å². The van der Waals surface area contributed by atoms with Crippen LogP contribution in [0.5, 0.6) is 5.75 Å². The summed E-state index contributed by atoms with van der Waals surface area (Å²) in [6.07, 6.45) is -3.84. The maximum atomic E-state index is 13.2. The lowest BCUT2D eigenvalue weighted by Crippen LogP contribution is -2.44. The molecule has 2 heterocycles. The normalized spacial score (nSPS) is 19.9. The number of hydrogen-bond donors (Lipinski definition) is 0. The molecule has 0 bridgehead atoms. The second-order valence-corrected chi connectivity index (χ2v) is 9.09. The number of likely N-dealkylation sites (N-methyl/N-ethyl adjacent to an activating group) is 1. The molecular weight excluding hydrogens is 449 g/mol. The number of benzene rings is 2. The number of anilines is 1. The highest BCUT2D eigenvalue weighted by molar-refractivity contribution is 7.94. The highest BCUT2D eigenvalue weighted by Crippen LogP contribution is 2.42. The van der Waals surface area contributed by atoms with Crippen molar-refractivity contribution in [3.8, 4) is 5.75 Å². The first kappa shape index (κ1) is 22.6. The van der Waals surface area contributed by atoms with Gasteiger partial charge in [0, 0.05) is 56.0 Å². The highest BCUT2D eigenvalue weighted by Gasteiger charge is 2.34. The van der Waals surface area contributed by atoms with E-state index in [1.54, 1.807) is 13.2 Å². The lowest BCUT2D eigenvalue weighted by molar-refractivity contribution is -0.137. The van der Waals surface area contributed by atoms with Gasteiger partial charge in [-0.3, -0.25) is 0 Å². The van der Waals surface area contributed by atoms with E-state index in [-0.39, 0.29) is 11.1 Å².